The monoisotopic (exact) mass is 426 g/mol. The first-order chi connectivity index (χ1) is 15.1. The molecule has 2 heterocycles. The zero-order valence-corrected chi connectivity index (χ0v) is 18.8. The highest BCUT2D eigenvalue weighted by molar-refractivity contribution is 5.94. The number of pyridine rings is 1. The molecule has 7 heteroatoms. The largest absolute Gasteiger partial charge is 0.359 e. The molecule has 1 aromatic carbocycles. The summed E-state index contributed by atoms with van der Waals surface area (Å²) in [5, 5.41) is 2.89. The van der Waals surface area contributed by atoms with Crippen LogP contribution < -0.4 is 10.2 Å². The number of nitrogens with one attached hydrogen (secondary N) is 1. The molecule has 31 heavy (non-hydrogen) atoms. The fourth-order valence-corrected chi connectivity index (χ4v) is 3.86. The summed E-state index contributed by atoms with van der Waals surface area (Å²) < 4.78 is 10.8. The molecular weight excluding hydrogens is 392 g/mol. The van der Waals surface area contributed by atoms with Gasteiger partial charge in [0.05, 0.1) is 17.7 Å². The fourth-order valence-electron chi connectivity index (χ4n) is 3.86. The Balaban J connectivity index is 1.71. The van der Waals surface area contributed by atoms with Crippen molar-refractivity contribution in [3.05, 3.63) is 59.8 Å². The van der Waals surface area contributed by atoms with Gasteiger partial charge in [0.2, 0.25) is 0 Å². The van der Waals surface area contributed by atoms with Gasteiger partial charge in [0.15, 0.2) is 0 Å². The molecule has 3 rings (SSSR count). The molecule has 2 atom stereocenters. The van der Waals surface area contributed by atoms with Crippen LogP contribution in [0, 0.1) is 0 Å². The van der Waals surface area contributed by atoms with Gasteiger partial charge in [0.25, 0.3) is 5.91 Å². The zero-order valence-electron chi connectivity index (χ0n) is 18.8. The molecule has 1 fully saturated rings. The molecule has 0 unspecified atom stereocenters. The van der Waals surface area contributed by atoms with Gasteiger partial charge in [0, 0.05) is 46.5 Å². The Morgan fingerprint density at radius 3 is 2.77 bits per heavy atom. The van der Waals surface area contributed by atoms with Crippen molar-refractivity contribution in [1.29, 1.82) is 0 Å². The molecule has 1 aliphatic heterocycles. The molecule has 0 saturated carbocycles. The van der Waals surface area contributed by atoms with Crippen molar-refractivity contribution in [2.75, 3.05) is 52.0 Å². The van der Waals surface area contributed by atoms with Gasteiger partial charge in [-0.2, -0.15) is 0 Å². The molecule has 0 aliphatic carbocycles. The molecule has 1 N–H and O–H groups in total. The molecule has 0 spiro atoms. The molecule has 0 bridgehead atoms. The van der Waals surface area contributed by atoms with E-state index in [0.29, 0.717) is 18.9 Å². The topological polar surface area (TPSA) is 66.9 Å². The molecule has 168 valence electrons. The lowest BCUT2D eigenvalue weighted by Crippen LogP contribution is -2.36. The van der Waals surface area contributed by atoms with Crippen LogP contribution in [-0.2, 0) is 9.47 Å². The van der Waals surface area contributed by atoms with Crippen molar-refractivity contribution >= 4 is 11.7 Å². The van der Waals surface area contributed by atoms with E-state index >= 15 is 0 Å². The van der Waals surface area contributed by atoms with E-state index in [1.807, 2.05) is 25.1 Å². The number of carbonyl (C=O) groups excluding carboxylic acids is 1. The van der Waals surface area contributed by atoms with Crippen molar-refractivity contribution in [3.8, 4) is 0 Å². The number of amides is 1. The van der Waals surface area contributed by atoms with E-state index in [9.17, 15) is 4.79 Å². The van der Waals surface area contributed by atoms with Gasteiger partial charge in [-0.3, -0.25) is 9.69 Å². The normalized spacial score (nSPS) is 17.5. The summed E-state index contributed by atoms with van der Waals surface area (Å²) >= 11 is 0. The Hall–Kier alpha value is -2.48. The molecule has 1 aromatic heterocycles. The minimum atomic E-state index is -0.0812. The number of benzene rings is 1. The quantitative estimate of drug-likeness (QED) is 0.557. The van der Waals surface area contributed by atoms with Crippen molar-refractivity contribution < 1.29 is 14.3 Å². The van der Waals surface area contributed by atoms with Gasteiger partial charge < -0.3 is 19.7 Å². The van der Waals surface area contributed by atoms with Crippen molar-refractivity contribution in [2.24, 2.45) is 0 Å². The van der Waals surface area contributed by atoms with Crippen LogP contribution in [0.4, 0.5) is 5.82 Å². The average Bonchev–Trinajstić information content (AvgIpc) is 3.27. The predicted molar refractivity (Wildman–Crippen MR) is 122 cm³/mol. The number of hydrogen-bond acceptors (Lipinski definition) is 6. The molecule has 1 saturated heterocycles. The van der Waals surface area contributed by atoms with Crippen LogP contribution in [0.25, 0.3) is 0 Å². The minimum absolute atomic E-state index is 0.0812. The minimum Gasteiger partial charge on any atom is -0.359 e. The lowest BCUT2D eigenvalue weighted by molar-refractivity contribution is -0.0671. The molecule has 1 amide bonds. The zero-order chi connectivity index (χ0) is 22.1. The third-order valence-corrected chi connectivity index (χ3v) is 5.64. The highest BCUT2D eigenvalue weighted by Crippen LogP contribution is 2.27. The van der Waals surface area contributed by atoms with E-state index in [1.54, 1.807) is 13.3 Å². The first-order valence-corrected chi connectivity index (χ1v) is 11.0. The Morgan fingerprint density at radius 1 is 1.29 bits per heavy atom. The van der Waals surface area contributed by atoms with Gasteiger partial charge in [-0.05, 0) is 30.5 Å². The van der Waals surface area contributed by atoms with Crippen LogP contribution in [0.1, 0.15) is 41.7 Å². The van der Waals surface area contributed by atoms with Crippen molar-refractivity contribution in [1.82, 2.24) is 15.2 Å². The van der Waals surface area contributed by atoms with Gasteiger partial charge in [-0.25, -0.2) is 4.98 Å². The SMILES string of the molecule is CCCNC(=O)c1ccc(N(C)[C@H](CN2CC[C@H](OCOC)C2)c2ccccc2)nc1. The Bertz CT molecular complexity index is 800. The van der Waals surface area contributed by atoms with Gasteiger partial charge in [-0.15, -0.1) is 0 Å². The number of carbonyl (C=O) groups is 1. The Kier molecular flexibility index (Phi) is 8.82. The number of methoxy groups -OCH3 is 1. The number of anilines is 1. The molecular formula is C24H34N4O3. The number of likely N-dealkylation sites (tertiary alicyclic amines) is 1. The van der Waals surface area contributed by atoms with Crippen LogP contribution in [0.3, 0.4) is 0 Å². The molecule has 7 nitrogen and oxygen atoms in total. The highest BCUT2D eigenvalue weighted by atomic mass is 16.7. The Morgan fingerprint density at radius 2 is 2.10 bits per heavy atom. The van der Waals surface area contributed by atoms with Crippen LogP contribution in [-0.4, -0.2) is 69.0 Å². The molecule has 1 aliphatic rings. The molecule has 2 aromatic rings. The number of likely N-dealkylation sites (N-methyl/N-ethyl adjacent to an activating group) is 1. The van der Waals surface area contributed by atoms with Gasteiger partial charge in [-0.1, -0.05) is 37.3 Å². The van der Waals surface area contributed by atoms with E-state index < -0.39 is 0 Å². The number of hydrogen-bond donors (Lipinski definition) is 1. The summed E-state index contributed by atoms with van der Waals surface area (Å²) in [6.45, 7) is 5.80. The maximum atomic E-state index is 12.2. The van der Waals surface area contributed by atoms with Crippen LogP contribution in [0.15, 0.2) is 48.7 Å². The summed E-state index contributed by atoms with van der Waals surface area (Å²) in [4.78, 5) is 21.4. The highest BCUT2D eigenvalue weighted by Gasteiger charge is 2.28. The van der Waals surface area contributed by atoms with E-state index in [2.05, 4.69) is 51.4 Å². The van der Waals surface area contributed by atoms with Crippen LogP contribution in [0.5, 0.6) is 0 Å². The van der Waals surface area contributed by atoms with Crippen molar-refractivity contribution in [2.45, 2.75) is 31.9 Å². The summed E-state index contributed by atoms with van der Waals surface area (Å²) in [5.41, 5.74) is 1.82. The fraction of sp³-hybridized carbons (Fsp3) is 0.500. The first kappa shape index (κ1) is 23.2. The lowest BCUT2D eigenvalue weighted by Gasteiger charge is -2.33. The van der Waals surface area contributed by atoms with E-state index in [4.69, 9.17) is 9.47 Å². The Labute approximate surface area is 185 Å². The lowest BCUT2D eigenvalue weighted by atomic mass is 10.0. The summed E-state index contributed by atoms with van der Waals surface area (Å²) in [7, 11) is 3.71. The number of nitrogens with zero attached hydrogens (tertiary/aromatic N) is 3. The second-order valence-corrected chi connectivity index (χ2v) is 7.94. The summed E-state index contributed by atoms with van der Waals surface area (Å²) in [5.74, 6) is 0.759. The molecule has 0 radical (unpaired) electrons. The second-order valence-electron chi connectivity index (χ2n) is 7.94. The maximum Gasteiger partial charge on any atom is 0.252 e. The van der Waals surface area contributed by atoms with Gasteiger partial charge in [0.1, 0.15) is 12.6 Å². The summed E-state index contributed by atoms with van der Waals surface area (Å²) in [6, 6.07) is 14.4. The number of rotatable bonds is 11. The number of ether oxygens (including phenoxy) is 2. The summed E-state index contributed by atoms with van der Waals surface area (Å²) in [6.07, 6.45) is 3.78. The van der Waals surface area contributed by atoms with Crippen LogP contribution >= 0.6 is 0 Å². The van der Waals surface area contributed by atoms with E-state index in [1.165, 1.54) is 5.56 Å². The maximum absolute atomic E-state index is 12.2. The smallest absolute Gasteiger partial charge is 0.252 e. The third-order valence-electron chi connectivity index (χ3n) is 5.64. The van der Waals surface area contributed by atoms with E-state index in [-0.39, 0.29) is 18.1 Å². The average molecular weight is 427 g/mol. The standard InChI is InChI=1S/C24H34N4O3/c1-4-13-25-24(29)20-10-11-23(26-15-20)27(2)22(19-8-6-5-7-9-19)17-28-14-12-21(16-28)31-18-30-3/h5-11,15,21-22H,4,12-14,16-18H2,1-3H3,(H,25,29)/t21-,22+/m0/s1. The number of aromatic nitrogens is 1. The van der Waals surface area contributed by atoms with Gasteiger partial charge >= 0.3 is 0 Å². The second kappa shape index (κ2) is 11.8. The first-order valence-electron chi connectivity index (χ1n) is 11.0. The third kappa shape index (κ3) is 6.50. The van der Waals surface area contributed by atoms with E-state index in [0.717, 1.165) is 38.3 Å². The van der Waals surface area contributed by atoms with Crippen LogP contribution in [0.2, 0.25) is 0 Å². The van der Waals surface area contributed by atoms with Crippen molar-refractivity contribution in [3.63, 3.8) is 0 Å². The predicted octanol–water partition coefficient (Wildman–Crippen LogP) is 3.09.